The molecule has 1 aromatic carbocycles. The average molecular weight is 360 g/mol. The van der Waals surface area contributed by atoms with Crippen molar-refractivity contribution in [2.24, 2.45) is 0 Å². The molecule has 0 aromatic heterocycles. The lowest BCUT2D eigenvalue weighted by atomic mass is 9.73. The number of carbonyl (C=O) groups is 3. The summed E-state index contributed by atoms with van der Waals surface area (Å²) in [6, 6.07) is 7.20. The van der Waals surface area contributed by atoms with Gasteiger partial charge >= 0.3 is 12.1 Å². The van der Waals surface area contributed by atoms with Crippen LogP contribution in [-0.2, 0) is 29.2 Å². The molecule has 1 aromatic rings. The largest absolute Gasteiger partial charge is 0.465 e. The van der Waals surface area contributed by atoms with Crippen LogP contribution in [0.2, 0.25) is 0 Å². The molecular weight excluding hydrogens is 340 g/mol. The number of carbonyl (C=O) groups excluding carboxylic acids is 3. The fourth-order valence-corrected chi connectivity index (χ4v) is 3.79. The number of nitrogens with one attached hydrogen (secondary N) is 1. The van der Waals surface area contributed by atoms with Gasteiger partial charge in [-0.2, -0.15) is 0 Å². The maximum atomic E-state index is 12.6. The monoisotopic (exact) mass is 360 g/mol. The van der Waals surface area contributed by atoms with E-state index in [1.807, 2.05) is 19.1 Å². The predicted molar refractivity (Wildman–Crippen MR) is 91.0 cm³/mol. The van der Waals surface area contributed by atoms with Crippen LogP contribution in [-0.4, -0.2) is 38.4 Å². The first-order valence-corrected chi connectivity index (χ1v) is 8.16. The number of amides is 2. The number of hydrogen-bond donors (Lipinski definition) is 1. The molecule has 2 amide bonds. The van der Waals surface area contributed by atoms with E-state index < -0.39 is 29.6 Å². The second-order valence-electron chi connectivity index (χ2n) is 6.03. The minimum atomic E-state index is -0.977. The predicted octanol–water partition coefficient (Wildman–Crippen LogP) is 1.80. The highest BCUT2D eigenvalue weighted by Crippen LogP contribution is 2.56. The summed E-state index contributed by atoms with van der Waals surface area (Å²) in [4.78, 5) is 38.0. The van der Waals surface area contributed by atoms with Crippen LogP contribution < -0.4 is 10.2 Å². The molecule has 0 aliphatic carbocycles. The van der Waals surface area contributed by atoms with Crippen LogP contribution in [0.25, 0.3) is 0 Å². The van der Waals surface area contributed by atoms with Gasteiger partial charge in [0.25, 0.3) is 0 Å². The Morgan fingerprint density at radius 2 is 1.92 bits per heavy atom. The fourth-order valence-electron chi connectivity index (χ4n) is 3.79. The van der Waals surface area contributed by atoms with Gasteiger partial charge in [-0.05, 0) is 18.1 Å². The Kier molecular flexibility index (Phi) is 4.35. The van der Waals surface area contributed by atoms with Gasteiger partial charge in [0.15, 0.2) is 6.23 Å². The normalized spacial score (nSPS) is 23.1. The molecule has 0 fully saturated rings. The van der Waals surface area contributed by atoms with E-state index in [2.05, 4.69) is 5.32 Å². The van der Waals surface area contributed by atoms with Gasteiger partial charge in [-0.1, -0.05) is 25.1 Å². The Labute approximate surface area is 150 Å². The number of anilines is 1. The van der Waals surface area contributed by atoms with Crippen molar-refractivity contribution in [1.82, 2.24) is 5.32 Å². The van der Waals surface area contributed by atoms with Gasteiger partial charge in [-0.25, -0.2) is 14.5 Å². The van der Waals surface area contributed by atoms with Crippen LogP contribution >= 0.6 is 0 Å². The number of fused-ring (bicyclic) bond motifs is 3. The Hall–Kier alpha value is -3.03. The highest BCUT2D eigenvalue weighted by Gasteiger charge is 2.63. The van der Waals surface area contributed by atoms with Crippen molar-refractivity contribution in [3.63, 3.8) is 0 Å². The number of esters is 1. The molecule has 0 bridgehead atoms. The molecule has 1 N–H and O–H groups in total. The van der Waals surface area contributed by atoms with Crippen molar-refractivity contribution in [3.8, 4) is 0 Å². The molecule has 0 spiro atoms. The Balaban J connectivity index is 2.28. The minimum absolute atomic E-state index is 0.000365. The summed E-state index contributed by atoms with van der Waals surface area (Å²) in [6.45, 7) is 3.19. The molecule has 3 rings (SSSR count). The van der Waals surface area contributed by atoms with Gasteiger partial charge in [-0.3, -0.25) is 10.1 Å². The second kappa shape index (κ2) is 6.36. The standard InChI is InChI=1S/C18H20N2O6/c1-5-18-11-8-6-7-9-12(11)20(17(23)25-4)16(18)26-14(19-10(2)21)13(18)15(22)24-3/h6-9,16H,5H2,1-4H3,(H,19,21). The van der Waals surface area contributed by atoms with Crippen LogP contribution in [0.4, 0.5) is 10.5 Å². The number of hydrogen-bond acceptors (Lipinski definition) is 6. The molecule has 0 saturated heterocycles. The van der Waals surface area contributed by atoms with E-state index in [-0.39, 0.29) is 11.5 Å². The molecule has 2 atom stereocenters. The Morgan fingerprint density at radius 1 is 1.23 bits per heavy atom. The zero-order valence-corrected chi connectivity index (χ0v) is 15.0. The van der Waals surface area contributed by atoms with E-state index in [0.717, 1.165) is 5.56 Å². The van der Waals surface area contributed by atoms with Gasteiger partial charge < -0.3 is 14.2 Å². The van der Waals surface area contributed by atoms with E-state index >= 15 is 0 Å². The van der Waals surface area contributed by atoms with Crippen molar-refractivity contribution >= 4 is 23.7 Å². The fraction of sp³-hybridized carbons (Fsp3) is 0.389. The maximum Gasteiger partial charge on any atom is 0.417 e. The molecule has 8 heteroatoms. The molecule has 26 heavy (non-hydrogen) atoms. The number of methoxy groups -OCH3 is 2. The quantitative estimate of drug-likeness (QED) is 0.826. The number of nitrogens with zero attached hydrogens (tertiary/aromatic N) is 1. The average Bonchev–Trinajstić information content (AvgIpc) is 3.08. The van der Waals surface area contributed by atoms with Gasteiger partial charge in [-0.15, -0.1) is 0 Å². The molecule has 8 nitrogen and oxygen atoms in total. The van der Waals surface area contributed by atoms with Crippen LogP contribution in [0.1, 0.15) is 25.8 Å². The third-order valence-corrected chi connectivity index (χ3v) is 4.81. The topological polar surface area (TPSA) is 94.2 Å². The Morgan fingerprint density at radius 3 is 2.50 bits per heavy atom. The minimum Gasteiger partial charge on any atom is -0.465 e. The SMILES string of the molecule is CCC12C(C(=O)OC)=C(NC(C)=O)OC1N(C(=O)OC)c1ccccc12. The van der Waals surface area contributed by atoms with E-state index in [1.165, 1.54) is 26.0 Å². The first-order chi connectivity index (χ1) is 12.4. The number of para-hydroxylation sites is 1. The second-order valence-corrected chi connectivity index (χ2v) is 6.03. The number of benzene rings is 1. The molecular formula is C18H20N2O6. The number of ether oxygens (including phenoxy) is 3. The summed E-state index contributed by atoms with van der Waals surface area (Å²) in [5.41, 5.74) is 0.532. The van der Waals surface area contributed by atoms with Gasteiger partial charge in [0, 0.05) is 6.92 Å². The lowest BCUT2D eigenvalue weighted by Gasteiger charge is -2.30. The lowest BCUT2D eigenvalue weighted by molar-refractivity contribution is -0.137. The van der Waals surface area contributed by atoms with E-state index in [1.54, 1.807) is 12.1 Å². The molecule has 2 unspecified atom stereocenters. The molecule has 0 radical (unpaired) electrons. The van der Waals surface area contributed by atoms with E-state index in [9.17, 15) is 14.4 Å². The first-order valence-electron chi connectivity index (χ1n) is 8.16. The summed E-state index contributed by atoms with van der Waals surface area (Å²) >= 11 is 0. The van der Waals surface area contributed by atoms with Crippen molar-refractivity contribution in [3.05, 3.63) is 41.3 Å². The van der Waals surface area contributed by atoms with E-state index in [0.29, 0.717) is 12.1 Å². The third kappa shape index (κ3) is 2.25. The highest BCUT2D eigenvalue weighted by atomic mass is 16.6. The molecule has 2 aliphatic heterocycles. The number of rotatable bonds is 3. The molecule has 0 saturated carbocycles. The van der Waals surface area contributed by atoms with Crippen molar-refractivity contribution in [2.75, 3.05) is 19.1 Å². The summed E-state index contributed by atoms with van der Waals surface area (Å²) in [5.74, 6) is -1.02. The smallest absolute Gasteiger partial charge is 0.417 e. The third-order valence-electron chi connectivity index (χ3n) is 4.81. The van der Waals surface area contributed by atoms with Gasteiger partial charge in [0.2, 0.25) is 11.8 Å². The summed E-state index contributed by atoms with van der Waals surface area (Å²) in [6.07, 6.45) is -1.05. The van der Waals surface area contributed by atoms with Crippen molar-refractivity contribution in [1.29, 1.82) is 0 Å². The zero-order valence-electron chi connectivity index (χ0n) is 15.0. The lowest BCUT2D eigenvalue weighted by Crippen LogP contribution is -2.47. The van der Waals surface area contributed by atoms with Gasteiger partial charge in [0.05, 0.1) is 25.3 Å². The summed E-state index contributed by atoms with van der Waals surface area (Å²) < 4.78 is 15.8. The Bertz CT molecular complexity index is 818. The van der Waals surface area contributed by atoms with Gasteiger partial charge in [0.1, 0.15) is 5.57 Å². The highest BCUT2D eigenvalue weighted by molar-refractivity contribution is 6.00. The summed E-state index contributed by atoms with van der Waals surface area (Å²) in [5, 5.41) is 2.54. The summed E-state index contributed by atoms with van der Waals surface area (Å²) in [7, 11) is 2.53. The zero-order chi connectivity index (χ0) is 19.1. The molecule has 2 aliphatic rings. The van der Waals surface area contributed by atoms with Crippen LogP contribution in [0.15, 0.2) is 35.7 Å². The van der Waals surface area contributed by atoms with Crippen LogP contribution in [0.5, 0.6) is 0 Å². The maximum absolute atomic E-state index is 12.6. The molecule has 138 valence electrons. The first kappa shape index (κ1) is 17.8. The van der Waals surface area contributed by atoms with Crippen LogP contribution in [0, 0.1) is 0 Å². The van der Waals surface area contributed by atoms with E-state index in [4.69, 9.17) is 14.2 Å². The molecule has 2 heterocycles. The van der Waals surface area contributed by atoms with Crippen molar-refractivity contribution < 1.29 is 28.6 Å². The van der Waals surface area contributed by atoms with Crippen molar-refractivity contribution in [2.45, 2.75) is 31.9 Å². The van der Waals surface area contributed by atoms with Crippen LogP contribution in [0.3, 0.4) is 0 Å².